The molecule has 8 nitrogen and oxygen atoms in total. The van der Waals surface area contributed by atoms with Gasteiger partial charge >= 0.3 is 0 Å². The van der Waals surface area contributed by atoms with Gasteiger partial charge in [-0.05, 0) is 54.1 Å². The van der Waals surface area contributed by atoms with E-state index in [4.69, 9.17) is 11.6 Å². The normalized spacial score (nSPS) is 17.3. The van der Waals surface area contributed by atoms with E-state index in [2.05, 4.69) is 15.9 Å². The largest absolute Gasteiger partial charge is 0.507 e. The highest BCUT2D eigenvalue weighted by Crippen LogP contribution is 2.42. The van der Waals surface area contributed by atoms with Crippen LogP contribution in [0.15, 0.2) is 87.7 Å². The lowest BCUT2D eigenvalue weighted by Gasteiger charge is -2.25. The highest BCUT2D eigenvalue weighted by Gasteiger charge is 2.47. The summed E-state index contributed by atoms with van der Waals surface area (Å²) < 4.78 is 27.3. The molecule has 3 aromatic carbocycles. The lowest BCUT2D eigenvalue weighted by Crippen LogP contribution is -2.30. The molecule has 1 saturated heterocycles. The van der Waals surface area contributed by atoms with E-state index in [1.807, 2.05) is 4.72 Å². The summed E-state index contributed by atoms with van der Waals surface area (Å²) in [6.45, 7) is 1.07. The summed E-state index contributed by atoms with van der Waals surface area (Å²) in [6.07, 6.45) is 0. The van der Waals surface area contributed by atoms with Gasteiger partial charge in [-0.2, -0.15) is 0 Å². The average Bonchev–Trinajstić information content (AvgIpc) is 3.09. The predicted molar refractivity (Wildman–Crippen MR) is 138 cm³/mol. The number of anilines is 1. The van der Waals surface area contributed by atoms with Crippen LogP contribution < -0.4 is 9.62 Å². The first-order valence-electron chi connectivity index (χ1n) is 10.5. The summed E-state index contributed by atoms with van der Waals surface area (Å²) >= 11 is 9.36. The molecule has 0 spiro atoms. The number of sulfonamides is 1. The van der Waals surface area contributed by atoms with Crippen molar-refractivity contribution in [3.63, 3.8) is 0 Å². The summed E-state index contributed by atoms with van der Waals surface area (Å²) in [5.41, 5.74) is 0.937. The molecule has 1 heterocycles. The zero-order valence-electron chi connectivity index (χ0n) is 18.6. The fourth-order valence-electron chi connectivity index (χ4n) is 3.86. The van der Waals surface area contributed by atoms with Gasteiger partial charge < -0.3 is 5.11 Å². The summed E-state index contributed by atoms with van der Waals surface area (Å²) in [5, 5.41) is 11.5. The third kappa shape index (κ3) is 4.92. The maximum Gasteiger partial charge on any atom is 0.300 e. The molecule has 4 rings (SSSR count). The van der Waals surface area contributed by atoms with Crippen molar-refractivity contribution < 1.29 is 27.9 Å². The molecular formula is C25H18BrClN2O6S. The van der Waals surface area contributed by atoms with Gasteiger partial charge in [0.15, 0.2) is 0 Å². The lowest BCUT2D eigenvalue weighted by molar-refractivity contribution is -0.132. The number of carbonyl (C=O) groups excluding carboxylic acids is 3. The third-order valence-corrected chi connectivity index (χ3v) is 7.68. The highest BCUT2D eigenvalue weighted by molar-refractivity contribution is 9.10. The molecule has 3 aromatic rings. The molecule has 1 atom stereocenters. The number of nitrogens with one attached hydrogen (secondary N) is 1. The maximum atomic E-state index is 13.2. The van der Waals surface area contributed by atoms with Gasteiger partial charge in [-0.25, -0.2) is 13.1 Å². The molecule has 36 heavy (non-hydrogen) atoms. The Morgan fingerprint density at radius 2 is 1.56 bits per heavy atom. The predicted octanol–water partition coefficient (Wildman–Crippen LogP) is 4.55. The summed E-state index contributed by atoms with van der Waals surface area (Å²) in [5.74, 6) is -2.90. The molecule has 1 aliphatic rings. The minimum absolute atomic E-state index is 0.125. The molecule has 0 aliphatic carbocycles. The second kappa shape index (κ2) is 9.88. The van der Waals surface area contributed by atoms with Crippen LogP contribution in [0, 0.1) is 0 Å². The Balaban J connectivity index is 1.86. The van der Waals surface area contributed by atoms with E-state index in [1.165, 1.54) is 29.2 Å². The number of Topliss-reactive ketones (excluding diaryl/α,β-unsaturated/α-hetero) is 1. The number of halogens is 2. The van der Waals surface area contributed by atoms with Gasteiger partial charge in [0, 0.05) is 27.7 Å². The fraction of sp³-hybridized carbons (Fsp3) is 0.0800. The van der Waals surface area contributed by atoms with E-state index in [0.717, 1.165) is 11.4 Å². The van der Waals surface area contributed by atoms with Gasteiger partial charge in [0.25, 0.3) is 21.7 Å². The van der Waals surface area contributed by atoms with E-state index in [1.54, 1.807) is 48.5 Å². The van der Waals surface area contributed by atoms with Crippen LogP contribution in [-0.2, 0) is 24.4 Å². The molecule has 0 saturated carbocycles. The van der Waals surface area contributed by atoms with Gasteiger partial charge in [0.05, 0.1) is 16.5 Å². The smallest absolute Gasteiger partial charge is 0.300 e. The first-order chi connectivity index (χ1) is 17.0. The third-order valence-electron chi connectivity index (χ3n) is 5.45. The van der Waals surface area contributed by atoms with E-state index in [-0.39, 0.29) is 21.9 Å². The molecule has 1 fully saturated rings. The van der Waals surface area contributed by atoms with Gasteiger partial charge in [-0.3, -0.25) is 19.3 Å². The van der Waals surface area contributed by atoms with Gasteiger partial charge in [0.1, 0.15) is 5.76 Å². The van der Waals surface area contributed by atoms with E-state index in [0.29, 0.717) is 16.1 Å². The Morgan fingerprint density at radius 1 is 0.972 bits per heavy atom. The molecule has 11 heteroatoms. The van der Waals surface area contributed by atoms with Crippen molar-refractivity contribution in [2.45, 2.75) is 17.9 Å². The Kier molecular flexibility index (Phi) is 7.03. The molecule has 184 valence electrons. The number of aliphatic hydroxyl groups is 1. The van der Waals surface area contributed by atoms with Gasteiger partial charge in [-0.1, -0.05) is 51.8 Å². The number of benzene rings is 3. The zero-order valence-corrected chi connectivity index (χ0v) is 21.8. The van der Waals surface area contributed by atoms with Crippen LogP contribution in [0.3, 0.4) is 0 Å². The maximum absolute atomic E-state index is 13.2. The van der Waals surface area contributed by atoms with Crippen LogP contribution >= 0.6 is 27.5 Å². The number of aliphatic hydroxyl groups excluding tert-OH is 1. The van der Waals surface area contributed by atoms with Crippen molar-refractivity contribution in [2.75, 3.05) is 4.90 Å². The molecule has 0 aromatic heterocycles. The minimum Gasteiger partial charge on any atom is -0.507 e. The average molecular weight is 590 g/mol. The monoisotopic (exact) mass is 588 g/mol. The second-order valence-electron chi connectivity index (χ2n) is 7.88. The van der Waals surface area contributed by atoms with Crippen LogP contribution in [0.25, 0.3) is 5.76 Å². The van der Waals surface area contributed by atoms with Crippen molar-refractivity contribution >= 4 is 66.6 Å². The first-order valence-corrected chi connectivity index (χ1v) is 13.1. The number of hydrogen-bond donors (Lipinski definition) is 2. The zero-order chi connectivity index (χ0) is 26.2. The van der Waals surface area contributed by atoms with Crippen LogP contribution in [0.2, 0.25) is 5.02 Å². The van der Waals surface area contributed by atoms with Crippen LogP contribution in [0.4, 0.5) is 5.69 Å². The molecule has 0 radical (unpaired) electrons. The Bertz CT molecular complexity index is 1500. The number of amides is 2. The van der Waals surface area contributed by atoms with Crippen molar-refractivity contribution in [3.8, 4) is 0 Å². The molecule has 0 bridgehead atoms. The highest BCUT2D eigenvalue weighted by atomic mass is 79.9. The topological polar surface area (TPSA) is 121 Å². The number of hydrogen-bond acceptors (Lipinski definition) is 6. The van der Waals surface area contributed by atoms with Crippen molar-refractivity contribution in [2.24, 2.45) is 0 Å². The molecule has 1 unspecified atom stereocenters. The van der Waals surface area contributed by atoms with Crippen molar-refractivity contribution in [1.82, 2.24) is 4.72 Å². The summed E-state index contributed by atoms with van der Waals surface area (Å²) in [6, 6.07) is 17.2. The quantitative estimate of drug-likeness (QED) is 0.256. The van der Waals surface area contributed by atoms with E-state index < -0.39 is 33.7 Å². The standard InChI is InChI=1S/C25H18BrClN2O6S/c1-14(30)28-36(34,35)20-12-10-19(11-13-20)29-22(15-4-8-18(27)9-5-15)21(24(32)25(29)33)23(31)16-2-6-17(26)7-3-16/h2-13,22,31H,1H3,(H,28,30). The summed E-state index contributed by atoms with van der Waals surface area (Å²) in [7, 11) is -4.10. The first kappa shape index (κ1) is 25.6. The lowest BCUT2D eigenvalue weighted by atomic mass is 9.95. The second-order valence-corrected chi connectivity index (χ2v) is 10.9. The Hall–Kier alpha value is -3.47. The molecule has 2 amide bonds. The van der Waals surface area contributed by atoms with Crippen molar-refractivity contribution in [3.05, 3.63) is 99.0 Å². The van der Waals surface area contributed by atoms with Gasteiger partial charge in [-0.15, -0.1) is 0 Å². The van der Waals surface area contributed by atoms with Crippen LogP contribution in [0.5, 0.6) is 0 Å². The molecule has 2 N–H and O–H groups in total. The van der Waals surface area contributed by atoms with Crippen LogP contribution in [0.1, 0.15) is 24.1 Å². The number of nitrogens with zero attached hydrogens (tertiary/aromatic N) is 1. The number of carbonyl (C=O) groups is 3. The van der Waals surface area contributed by atoms with Crippen LogP contribution in [-0.4, -0.2) is 31.1 Å². The fourth-order valence-corrected chi connectivity index (χ4v) is 5.24. The number of rotatable bonds is 5. The Labute approximate surface area is 220 Å². The van der Waals surface area contributed by atoms with E-state index >= 15 is 0 Å². The number of ketones is 1. The SMILES string of the molecule is CC(=O)NS(=O)(=O)c1ccc(N2C(=O)C(=O)C(=C(O)c3ccc(Br)cc3)C2c2ccc(Cl)cc2)cc1. The summed E-state index contributed by atoms with van der Waals surface area (Å²) in [4.78, 5) is 38.6. The molecule has 1 aliphatic heterocycles. The van der Waals surface area contributed by atoms with Crippen molar-refractivity contribution in [1.29, 1.82) is 0 Å². The molecular weight excluding hydrogens is 572 g/mol. The van der Waals surface area contributed by atoms with Gasteiger partial charge in [0.2, 0.25) is 5.91 Å². The Morgan fingerprint density at radius 3 is 2.11 bits per heavy atom. The minimum atomic E-state index is -4.10. The van der Waals surface area contributed by atoms with E-state index in [9.17, 15) is 27.9 Å².